The maximum atomic E-state index is 11.4. The molecular formula is C12H15N5O. The van der Waals surface area contributed by atoms with Crippen molar-refractivity contribution in [3.63, 3.8) is 0 Å². The lowest BCUT2D eigenvalue weighted by molar-refractivity contribution is -0.125. The lowest BCUT2D eigenvalue weighted by atomic mass is 9.89. The summed E-state index contributed by atoms with van der Waals surface area (Å²) < 4.78 is 0. The molecule has 94 valence electrons. The molecule has 1 unspecified atom stereocenters. The van der Waals surface area contributed by atoms with E-state index >= 15 is 0 Å². The molecule has 2 heterocycles. The first-order valence-electron chi connectivity index (χ1n) is 5.68. The zero-order valence-electron chi connectivity index (χ0n) is 10.2. The second-order valence-corrected chi connectivity index (χ2v) is 4.82. The van der Waals surface area contributed by atoms with Crippen molar-refractivity contribution in [2.24, 2.45) is 11.1 Å². The standard InChI is InChI=1S/C12H15N5O/c1-12(11(15)18)4-5-17(7-12)10-3-2-8(14)9(6-13)16-10/h2-3H,4-5,7,14H2,1H3,(H2,15,18). The molecule has 1 aliphatic heterocycles. The number of amides is 1. The van der Waals surface area contributed by atoms with Crippen LogP contribution in [-0.4, -0.2) is 24.0 Å². The molecule has 1 aromatic rings. The van der Waals surface area contributed by atoms with Crippen LogP contribution in [0.1, 0.15) is 19.0 Å². The number of anilines is 2. The predicted octanol–water partition coefficient (Wildman–Crippen LogP) is 0.237. The molecule has 0 aromatic carbocycles. The minimum Gasteiger partial charge on any atom is -0.396 e. The monoisotopic (exact) mass is 245 g/mol. The van der Waals surface area contributed by atoms with Crippen LogP contribution in [0, 0.1) is 16.7 Å². The van der Waals surface area contributed by atoms with Gasteiger partial charge in [0.2, 0.25) is 5.91 Å². The largest absolute Gasteiger partial charge is 0.396 e. The maximum Gasteiger partial charge on any atom is 0.225 e. The van der Waals surface area contributed by atoms with Gasteiger partial charge in [-0.2, -0.15) is 5.26 Å². The molecule has 18 heavy (non-hydrogen) atoms. The molecule has 0 spiro atoms. The van der Waals surface area contributed by atoms with Gasteiger partial charge in [-0.15, -0.1) is 0 Å². The number of rotatable bonds is 2. The number of nitrogens with zero attached hydrogens (tertiary/aromatic N) is 3. The second kappa shape index (κ2) is 4.18. The topological polar surface area (TPSA) is 109 Å². The third-order valence-electron chi connectivity index (χ3n) is 3.41. The van der Waals surface area contributed by atoms with Gasteiger partial charge >= 0.3 is 0 Å². The number of nitrogens with two attached hydrogens (primary N) is 2. The Kier molecular flexibility index (Phi) is 2.83. The Labute approximate surface area is 105 Å². The summed E-state index contributed by atoms with van der Waals surface area (Å²) in [5.41, 5.74) is 11.1. The summed E-state index contributed by atoms with van der Waals surface area (Å²) in [7, 11) is 0. The van der Waals surface area contributed by atoms with Crippen molar-refractivity contribution in [3.05, 3.63) is 17.8 Å². The average Bonchev–Trinajstić information content (AvgIpc) is 2.74. The summed E-state index contributed by atoms with van der Waals surface area (Å²) in [6, 6.07) is 5.35. The molecule has 1 atom stereocenters. The van der Waals surface area contributed by atoms with Gasteiger partial charge < -0.3 is 16.4 Å². The summed E-state index contributed by atoms with van der Waals surface area (Å²) in [5, 5.41) is 8.89. The minimum absolute atomic E-state index is 0.208. The molecule has 6 nitrogen and oxygen atoms in total. The number of carbonyl (C=O) groups excluding carboxylic acids is 1. The third-order valence-corrected chi connectivity index (χ3v) is 3.41. The van der Waals surface area contributed by atoms with Gasteiger partial charge in [0.05, 0.1) is 11.1 Å². The second-order valence-electron chi connectivity index (χ2n) is 4.82. The highest BCUT2D eigenvalue weighted by molar-refractivity contribution is 5.82. The Bertz CT molecular complexity index is 536. The van der Waals surface area contributed by atoms with E-state index in [0.29, 0.717) is 31.0 Å². The highest BCUT2D eigenvalue weighted by atomic mass is 16.1. The van der Waals surface area contributed by atoms with Crippen molar-refractivity contribution < 1.29 is 4.79 Å². The number of primary amides is 1. The van der Waals surface area contributed by atoms with E-state index in [-0.39, 0.29) is 11.6 Å². The van der Waals surface area contributed by atoms with Crippen LogP contribution in [-0.2, 0) is 4.79 Å². The summed E-state index contributed by atoms with van der Waals surface area (Å²) in [6.45, 7) is 3.06. The van der Waals surface area contributed by atoms with Crippen LogP contribution in [0.3, 0.4) is 0 Å². The van der Waals surface area contributed by atoms with E-state index in [0.717, 1.165) is 0 Å². The van der Waals surface area contributed by atoms with Gasteiger partial charge in [-0.25, -0.2) is 4.98 Å². The van der Waals surface area contributed by atoms with E-state index in [1.165, 1.54) is 0 Å². The average molecular weight is 245 g/mol. The van der Waals surface area contributed by atoms with Gasteiger partial charge in [0.15, 0.2) is 5.69 Å². The van der Waals surface area contributed by atoms with Crippen molar-refractivity contribution in [2.45, 2.75) is 13.3 Å². The lowest BCUT2D eigenvalue weighted by Gasteiger charge is -2.21. The van der Waals surface area contributed by atoms with Crippen LogP contribution in [0.25, 0.3) is 0 Å². The summed E-state index contributed by atoms with van der Waals surface area (Å²) in [6.07, 6.45) is 0.691. The van der Waals surface area contributed by atoms with Gasteiger partial charge in [0.1, 0.15) is 11.9 Å². The first-order chi connectivity index (χ1) is 8.46. The van der Waals surface area contributed by atoms with E-state index in [9.17, 15) is 4.79 Å². The highest BCUT2D eigenvalue weighted by Gasteiger charge is 2.39. The third kappa shape index (κ3) is 1.95. The van der Waals surface area contributed by atoms with E-state index in [4.69, 9.17) is 16.7 Å². The zero-order valence-corrected chi connectivity index (χ0v) is 10.2. The number of nitrogen functional groups attached to an aromatic ring is 1. The van der Waals surface area contributed by atoms with Gasteiger partial charge in [-0.05, 0) is 25.5 Å². The molecule has 1 aromatic heterocycles. The Morgan fingerprint density at radius 2 is 2.33 bits per heavy atom. The predicted molar refractivity (Wildman–Crippen MR) is 67.5 cm³/mol. The zero-order chi connectivity index (χ0) is 13.3. The number of hydrogen-bond donors (Lipinski definition) is 2. The van der Waals surface area contributed by atoms with Crippen LogP contribution in [0.2, 0.25) is 0 Å². The highest BCUT2D eigenvalue weighted by Crippen LogP contribution is 2.32. The van der Waals surface area contributed by atoms with Crippen molar-refractivity contribution in [1.29, 1.82) is 5.26 Å². The molecule has 0 saturated carbocycles. The molecule has 6 heteroatoms. The van der Waals surface area contributed by atoms with Gasteiger partial charge in [-0.1, -0.05) is 0 Å². The van der Waals surface area contributed by atoms with Gasteiger partial charge in [0.25, 0.3) is 0 Å². The van der Waals surface area contributed by atoms with Gasteiger partial charge in [-0.3, -0.25) is 4.79 Å². The normalized spacial score (nSPS) is 22.8. The molecule has 2 rings (SSSR count). The number of pyridine rings is 1. The van der Waals surface area contributed by atoms with Crippen molar-refractivity contribution in [2.75, 3.05) is 23.7 Å². The fourth-order valence-electron chi connectivity index (χ4n) is 2.08. The molecule has 1 amide bonds. The number of nitriles is 1. The van der Waals surface area contributed by atoms with Crippen LogP contribution in [0.4, 0.5) is 11.5 Å². The molecule has 1 aliphatic rings. The smallest absolute Gasteiger partial charge is 0.225 e. The Hall–Kier alpha value is -2.29. The van der Waals surface area contributed by atoms with Crippen LogP contribution in [0.15, 0.2) is 12.1 Å². The summed E-state index contributed by atoms with van der Waals surface area (Å²) >= 11 is 0. The minimum atomic E-state index is -0.532. The first kappa shape index (κ1) is 12.2. The lowest BCUT2D eigenvalue weighted by Crippen LogP contribution is -2.37. The fraction of sp³-hybridized carbons (Fsp3) is 0.417. The summed E-state index contributed by atoms with van der Waals surface area (Å²) in [5.74, 6) is 0.353. The Morgan fingerprint density at radius 3 is 2.89 bits per heavy atom. The fourth-order valence-corrected chi connectivity index (χ4v) is 2.08. The Balaban J connectivity index is 2.25. The molecule has 0 aliphatic carbocycles. The van der Waals surface area contributed by atoms with Crippen molar-refractivity contribution in [1.82, 2.24) is 4.98 Å². The first-order valence-corrected chi connectivity index (χ1v) is 5.68. The molecule has 1 saturated heterocycles. The van der Waals surface area contributed by atoms with E-state index in [1.54, 1.807) is 12.1 Å². The van der Waals surface area contributed by atoms with Gasteiger partial charge in [0, 0.05) is 13.1 Å². The van der Waals surface area contributed by atoms with Crippen LogP contribution < -0.4 is 16.4 Å². The number of aromatic nitrogens is 1. The number of carbonyl (C=O) groups is 1. The number of hydrogen-bond acceptors (Lipinski definition) is 5. The summed E-state index contributed by atoms with van der Waals surface area (Å²) in [4.78, 5) is 17.5. The molecule has 0 bridgehead atoms. The van der Waals surface area contributed by atoms with E-state index < -0.39 is 5.41 Å². The van der Waals surface area contributed by atoms with E-state index in [1.807, 2.05) is 17.9 Å². The van der Waals surface area contributed by atoms with Crippen molar-refractivity contribution in [3.8, 4) is 6.07 Å². The molecule has 4 N–H and O–H groups in total. The quantitative estimate of drug-likeness (QED) is 0.775. The van der Waals surface area contributed by atoms with E-state index in [2.05, 4.69) is 4.98 Å². The maximum absolute atomic E-state index is 11.4. The molecular weight excluding hydrogens is 230 g/mol. The SMILES string of the molecule is CC1(C(N)=O)CCN(c2ccc(N)c(C#N)n2)C1. The van der Waals surface area contributed by atoms with Crippen molar-refractivity contribution >= 4 is 17.4 Å². The molecule has 0 radical (unpaired) electrons. The van der Waals surface area contributed by atoms with Crippen LogP contribution in [0.5, 0.6) is 0 Å². The van der Waals surface area contributed by atoms with Crippen LogP contribution >= 0.6 is 0 Å². The Morgan fingerprint density at radius 1 is 1.61 bits per heavy atom. The molecule has 1 fully saturated rings.